The topological polar surface area (TPSA) is 47.0 Å². The molecular formula is C21H10Cl2F3NO2S. The number of para-hydroxylation sites is 1. The molecule has 152 valence electrons. The van der Waals surface area contributed by atoms with Crippen molar-refractivity contribution in [3.8, 4) is 11.1 Å². The number of rotatable bonds is 3. The Morgan fingerprint density at radius 2 is 1.57 bits per heavy atom. The summed E-state index contributed by atoms with van der Waals surface area (Å²) in [5.41, 5.74) is -0.0380. The third-order valence-corrected chi connectivity index (χ3v) is 6.95. The molecule has 0 aliphatic heterocycles. The summed E-state index contributed by atoms with van der Waals surface area (Å²) in [4.78, 5) is 3.12. The van der Waals surface area contributed by atoms with Crippen LogP contribution in [-0.2, 0) is 9.84 Å². The molecule has 0 N–H and O–H groups in total. The van der Waals surface area contributed by atoms with E-state index in [-0.39, 0.29) is 26.9 Å². The first-order valence-electron chi connectivity index (χ1n) is 8.44. The first-order chi connectivity index (χ1) is 14.2. The first-order valence-corrected chi connectivity index (χ1v) is 10.7. The Morgan fingerprint density at radius 1 is 0.833 bits per heavy atom. The average Bonchev–Trinajstić information content (AvgIpc) is 2.69. The van der Waals surface area contributed by atoms with Crippen LogP contribution in [-0.4, -0.2) is 13.4 Å². The molecule has 4 rings (SSSR count). The van der Waals surface area contributed by atoms with Crippen LogP contribution in [0.1, 0.15) is 0 Å². The molecule has 0 aliphatic rings. The summed E-state index contributed by atoms with van der Waals surface area (Å²) < 4.78 is 68.8. The fourth-order valence-corrected chi connectivity index (χ4v) is 5.39. The monoisotopic (exact) mass is 467 g/mol. The highest BCUT2D eigenvalue weighted by Gasteiger charge is 2.29. The molecule has 0 fully saturated rings. The van der Waals surface area contributed by atoms with Crippen LogP contribution in [0.5, 0.6) is 0 Å². The predicted molar refractivity (Wildman–Crippen MR) is 109 cm³/mol. The van der Waals surface area contributed by atoms with Crippen LogP contribution in [0, 0.1) is 17.5 Å². The molecule has 0 atom stereocenters. The largest absolute Gasteiger partial charge is 0.232 e. The van der Waals surface area contributed by atoms with Gasteiger partial charge in [0.25, 0.3) is 0 Å². The van der Waals surface area contributed by atoms with E-state index < -0.39 is 42.4 Å². The molecule has 3 nitrogen and oxygen atoms in total. The molecule has 30 heavy (non-hydrogen) atoms. The van der Waals surface area contributed by atoms with Crippen molar-refractivity contribution in [2.45, 2.75) is 9.79 Å². The van der Waals surface area contributed by atoms with Gasteiger partial charge in [0.2, 0.25) is 9.84 Å². The Hall–Kier alpha value is -2.61. The van der Waals surface area contributed by atoms with Gasteiger partial charge >= 0.3 is 0 Å². The lowest BCUT2D eigenvalue weighted by Crippen LogP contribution is -2.08. The molecule has 0 amide bonds. The molecular weight excluding hydrogens is 458 g/mol. The maximum Gasteiger partial charge on any atom is 0.210 e. The van der Waals surface area contributed by atoms with Crippen LogP contribution in [0.25, 0.3) is 22.0 Å². The number of sulfone groups is 1. The van der Waals surface area contributed by atoms with Crippen LogP contribution in [0.3, 0.4) is 0 Å². The number of pyridine rings is 1. The van der Waals surface area contributed by atoms with E-state index in [1.807, 2.05) is 0 Å². The van der Waals surface area contributed by atoms with Crippen molar-refractivity contribution in [1.29, 1.82) is 0 Å². The van der Waals surface area contributed by atoms with E-state index in [0.29, 0.717) is 0 Å². The second-order valence-corrected chi connectivity index (χ2v) is 8.98. The van der Waals surface area contributed by atoms with Gasteiger partial charge in [-0.25, -0.2) is 26.6 Å². The molecule has 0 spiro atoms. The fourth-order valence-electron chi connectivity index (χ4n) is 3.14. The SMILES string of the molecule is O=S(=O)(c1ccc(F)c(Cl)c1)c1c(Cl)nc2c(F)cccc2c1-c1cccc(F)c1. The van der Waals surface area contributed by atoms with Crippen molar-refractivity contribution in [1.82, 2.24) is 4.98 Å². The second-order valence-electron chi connectivity index (χ2n) is 6.33. The molecule has 0 aliphatic carbocycles. The lowest BCUT2D eigenvalue weighted by Gasteiger charge is -2.16. The zero-order valence-electron chi connectivity index (χ0n) is 14.8. The lowest BCUT2D eigenvalue weighted by atomic mass is 10.0. The minimum Gasteiger partial charge on any atom is -0.232 e. The van der Waals surface area contributed by atoms with Gasteiger partial charge in [0, 0.05) is 10.9 Å². The van der Waals surface area contributed by atoms with E-state index in [1.54, 1.807) is 0 Å². The third kappa shape index (κ3) is 3.43. The molecule has 4 aromatic rings. The van der Waals surface area contributed by atoms with Gasteiger partial charge in [0.15, 0.2) is 0 Å². The van der Waals surface area contributed by atoms with Crippen molar-refractivity contribution in [2.75, 3.05) is 0 Å². The highest BCUT2D eigenvalue weighted by molar-refractivity contribution is 7.91. The molecule has 0 bridgehead atoms. The highest BCUT2D eigenvalue weighted by atomic mass is 35.5. The quantitative estimate of drug-likeness (QED) is 0.256. The Balaban J connectivity index is 2.15. The van der Waals surface area contributed by atoms with Gasteiger partial charge in [-0.15, -0.1) is 0 Å². The van der Waals surface area contributed by atoms with E-state index in [1.165, 1.54) is 30.3 Å². The van der Waals surface area contributed by atoms with E-state index in [0.717, 1.165) is 30.3 Å². The van der Waals surface area contributed by atoms with Crippen molar-refractivity contribution >= 4 is 43.9 Å². The summed E-state index contributed by atoms with van der Waals surface area (Å²) in [5, 5.41) is -0.789. The summed E-state index contributed by atoms with van der Waals surface area (Å²) in [6, 6.07) is 12.0. The number of aromatic nitrogens is 1. The molecule has 9 heteroatoms. The molecule has 0 saturated carbocycles. The van der Waals surface area contributed by atoms with Crippen molar-refractivity contribution in [2.24, 2.45) is 0 Å². The Kier molecular flexibility index (Phi) is 5.22. The summed E-state index contributed by atoms with van der Waals surface area (Å²) in [6.07, 6.45) is 0. The van der Waals surface area contributed by atoms with E-state index in [2.05, 4.69) is 4.98 Å². The maximum atomic E-state index is 14.4. The van der Waals surface area contributed by atoms with Gasteiger partial charge in [0.1, 0.15) is 33.0 Å². The summed E-state index contributed by atoms with van der Waals surface area (Å²) in [6.45, 7) is 0. The average molecular weight is 468 g/mol. The summed E-state index contributed by atoms with van der Waals surface area (Å²) in [7, 11) is -4.40. The Bertz CT molecular complexity index is 1430. The van der Waals surface area contributed by atoms with Crippen LogP contribution < -0.4 is 0 Å². The Morgan fingerprint density at radius 3 is 2.27 bits per heavy atom. The van der Waals surface area contributed by atoms with Gasteiger partial charge < -0.3 is 0 Å². The standard InChI is InChI=1S/C21H10Cl2F3NO2S/c22-15-10-13(7-8-16(15)25)30(28,29)20-18(11-3-1-4-12(24)9-11)14-5-2-6-17(26)19(14)27-21(20)23/h1-10H. The predicted octanol–water partition coefficient (Wildman–Crippen LogP) is 6.46. The summed E-state index contributed by atoms with van der Waals surface area (Å²) >= 11 is 12.0. The third-order valence-electron chi connectivity index (χ3n) is 4.46. The molecule has 1 aromatic heterocycles. The normalized spacial score (nSPS) is 11.8. The minimum absolute atomic E-state index is 0.0237. The second kappa shape index (κ2) is 7.58. The van der Waals surface area contributed by atoms with Crippen molar-refractivity contribution < 1.29 is 21.6 Å². The van der Waals surface area contributed by atoms with Crippen LogP contribution in [0.2, 0.25) is 10.2 Å². The van der Waals surface area contributed by atoms with E-state index in [4.69, 9.17) is 23.2 Å². The first kappa shape index (κ1) is 20.7. The smallest absolute Gasteiger partial charge is 0.210 e. The summed E-state index contributed by atoms with van der Waals surface area (Å²) in [5.74, 6) is -2.15. The van der Waals surface area contributed by atoms with Crippen molar-refractivity contribution in [3.05, 3.63) is 88.3 Å². The van der Waals surface area contributed by atoms with E-state index >= 15 is 0 Å². The number of hydrogen-bond donors (Lipinski definition) is 0. The number of halogens is 5. The molecule has 1 heterocycles. The Labute approximate surface area is 179 Å². The number of hydrogen-bond acceptors (Lipinski definition) is 3. The lowest BCUT2D eigenvalue weighted by molar-refractivity contribution is 0.594. The van der Waals surface area contributed by atoms with Gasteiger partial charge in [0.05, 0.1) is 9.92 Å². The molecule has 0 radical (unpaired) electrons. The van der Waals surface area contributed by atoms with Crippen LogP contribution in [0.4, 0.5) is 13.2 Å². The van der Waals surface area contributed by atoms with Crippen LogP contribution >= 0.6 is 23.2 Å². The van der Waals surface area contributed by atoms with Gasteiger partial charge in [-0.3, -0.25) is 0 Å². The van der Waals surface area contributed by atoms with Gasteiger partial charge in [-0.05, 0) is 42.0 Å². The zero-order valence-corrected chi connectivity index (χ0v) is 17.2. The van der Waals surface area contributed by atoms with Crippen LogP contribution in [0.15, 0.2) is 70.5 Å². The van der Waals surface area contributed by atoms with Gasteiger partial charge in [-0.1, -0.05) is 47.5 Å². The fraction of sp³-hybridized carbons (Fsp3) is 0. The van der Waals surface area contributed by atoms with E-state index in [9.17, 15) is 21.6 Å². The zero-order chi connectivity index (χ0) is 21.6. The number of nitrogens with zero attached hydrogens (tertiary/aromatic N) is 1. The number of fused-ring (bicyclic) bond motifs is 1. The van der Waals surface area contributed by atoms with Crippen molar-refractivity contribution in [3.63, 3.8) is 0 Å². The minimum atomic E-state index is -4.40. The molecule has 0 unspecified atom stereocenters. The highest BCUT2D eigenvalue weighted by Crippen LogP contribution is 2.41. The maximum absolute atomic E-state index is 14.4. The molecule has 0 saturated heterocycles. The number of benzene rings is 3. The molecule has 3 aromatic carbocycles. The van der Waals surface area contributed by atoms with Gasteiger partial charge in [-0.2, -0.15) is 0 Å².